The molecule has 0 spiro atoms. The highest BCUT2D eigenvalue weighted by molar-refractivity contribution is 7.92. The molecule has 0 unspecified atom stereocenters. The molecule has 0 aliphatic rings. The first-order valence-corrected chi connectivity index (χ1v) is 8.50. The summed E-state index contributed by atoms with van der Waals surface area (Å²) in [7, 11) is -3.76. The van der Waals surface area contributed by atoms with Crippen molar-refractivity contribution in [1.82, 2.24) is 9.78 Å². The number of benzene rings is 1. The van der Waals surface area contributed by atoms with Crippen molar-refractivity contribution in [2.24, 2.45) is 0 Å². The van der Waals surface area contributed by atoms with E-state index in [1.807, 2.05) is 13.8 Å². The molecule has 0 amide bonds. The normalized spacial score (nSPS) is 11.9. The fourth-order valence-electron chi connectivity index (χ4n) is 2.42. The summed E-state index contributed by atoms with van der Waals surface area (Å²) in [4.78, 5) is 0.182. The molecule has 120 valence electrons. The molecule has 0 aliphatic heterocycles. The summed E-state index contributed by atoms with van der Waals surface area (Å²) in [6, 6.07) is 4.74. The van der Waals surface area contributed by atoms with Crippen LogP contribution in [0, 0.1) is 20.8 Å². The van der Waals surface area contributed by atoms with Crippen LogP contribution in [-0.4, -0.2) is 23.3 Å². The van der Waals surface area contributed by atoms with Gasteiger partial charge in [-0.05, 0) is 46.2 Å². The Kier molecular flexibility index (Phi) is 4.19. The third-order valence-electron chi connectivity index (χ3n) is 3.48. The Morgan fingerprint density at radius 2 is 1.86 bits per heavy atom. The number of hydrogen-bond acceptors (Lipinski definition) is 4. The van der Waals surface area contributed by atoms with Crippen LogP contribution in [0.4, 0.5) is 5.69 Å². The highest BCUT2D eigenvalue weighted by Gasteiger charge is 2.25. The third-order valence-corrected chi connectivity index (χ3v) is 5.11. The average molecular weight is 323 g/mol. The lowest BCUT2D eigenvalue weighted by atomic mass is 10.2. The Balaban J connectivity index is 2.45. The van der Waals surface area contributed by atoms with Gasteiger partial charge in [-0.1, -0.05) is 6.07 Å². The highest BCUT2D eigenvalue weighted by atomic mass is 32.2. The molecule has 0 atom stereocenters. The van der Waals surface area contributed by atoms with Gasteiger partial charge < -0.3 is 5.11 Å². The van der Waals surface area contributed by atoms with Crippen molar-refractivity contribution in [3.8, 4) is 5.75 Å². The van der Waals surface area contributed by atoms with Gasteiger partial charge in [-0.25, -0.2) is 8.42 Å². The second-order valence-electron chi connectivity index (χ2n) is 5.65. The summed E-state index contributed by atoms with van der Waals surface area (Å²) < 4.78 is 29.4. The molecule has 0 saturated carbocycles. The van der Waals surface area contributed by atoms with E-state index in [0.717, 1.165) is 0 Å². The monoisotopic (exact) mass is 323 g/mol. The minimum Gasteiger partial charge on any atom is -0.508 e. The van der Waals surface area contributed by atoms with E-state index in [1.165, 1.54) is 6.07 Å². The van der Waals surface area contributed by atoms with Crippen LogP contribution >= 0.6 is 0 Å². The fraction of sp³-hybridized carbons (Fsp3) is 0.400. The molecule has 6 nitrogen and oxygen atoms in total. The molecular formula is C15H21N3O3S. The van der Waals surface area contributed by atoms with Crippen molar-refractivity contribution in [2.75, 3.05) is 4.72 Å². The number of aromatic nitrogens is 2. The Morgan fingerprint density at radius 3 is 2.36 bits per heavy atom. The highest BCUT2D eigenvalue weighted by Crippen LogP contribution is 2.27. The SMILES string of the molecule is Cc1ccc(NS(=O)(=O)c2c(C)nn(C(C)C)c2C)cc1O. The number of aromatic hydroxyl groups is 1. The largest absolute Gasteiger partial charge is 0.508 e. The molecular weight excluding hydrogens is 302 g/mol. The Bertz CT molecular complexity index is 808. The van der Waals surface area contributed by atoms with E-state index in [9.17, 15) is 13.5 Å². The zero-order valence-electron chi connectivity index (χ0n) is 13.4. The number of phenolic OH excluding ortho intramolecular Hbond substituents is 1. The van der Waals surface area contributed by atoms with E-state index >= 15 is 0 Å². The van der Waals surface area contributed by atoms with Crippen LogP contribution in [0.3, 0.4) is 0 Å². The van der Waals surface area contributed by atoms with E-state index < -0.39 is 10.0 Å². The molecule has 2 rings (SSSR count). The lowest BCUT2D eigenvalue weighted by Gasteiger charge is -2.11. The van der Waals surface area contributed by atoms with Crippen molar-refractivity contribution in [3.63, 3.8) is 0 Å². The molecule has 2 N–H and O–H groups in total. The number of hydrogen-bond donors (Lipinski definition) is 2. The minimum atomic E-state index is -3.76. The van der Waals surface area contributed by atoms with Crippen LogP contribution in [0.25, 0.3) is 0 Å². The fourth-order valence-corrected chi connectivity index (χ4v) is 3.87. The quantitative estimate of drug-likeness (QED) is 0.906. The van der Waals surface area contributed by atoms with Gasteiger partial charge in [0.1, 0.15) is 10.6 Å². The van der Waals surface area contributed by atoms with Crippen LogP contribution in [-0.2, 0) is 10.0 Å². The molecule has 1 aromatic carbocycles. The van der Waals surface area contributed by atoms with E-state index in [2.05, 4.69) is 9.82 Å². The summed E-state index contributed by atoms with van der Waals surface area (Å²) in [6.07, 6.45) is 0. The molecule has 0 fully saturated rings. The van der Waals surface area contributed by atoms with Gasteiger partial charge in [0.05, 0.1) is 17.1 Å². The first kappa shape index (κ1) is 16.4. The summed E-state index contributed by atoms with van der Waals surface area (Å²) in [6.45, 7) is 9.05. The van der Waals surface area contributed by atoms with Crippen LogP contribution in [0.5, 0.6) is 5.75 Å². The Labute approximate surface area is 130 Å². The van der Waals surface area contributed by atoms with Crippen molar-refractivity contribution >= 4 is 15.7 Å². The minimum absolute atomic E-state index is 0.0477. The molecule has 7 heteroatoms. The summed E-state index contributed by atoms with van der Waals surface area (Å²) in [5.74, 6) is 0.0477. The van der Waals surface area contributed by atoms with Crippen LogP contribution < -0.4 is 4.72 Å². The van der Waals surface area contributed by atoms with E-state index in [4.69, 9.17) is 0 Å². The summed E-state index contributed by atoms with van der Waals surface area (Å²) in [5, 5.41) is 14.0. The molecule has 1 aromatic heterocycles. The standard InChI is InChI=1S/C15H21N3O3S/c1-9(2)18-12(5)15(11(4)16-18)22(20,21)17-13-7-6-10(3)14(19)8-13/h6-9,17,19H,1-5H3. The Morgan fingerprint density at radius 1 is 1.23 bits per heavy atom. The third kappa shape index (κ3) is 2.94. The van der Waals surface area contributed by atoms with Crippen molar-refractivity contribution in [1.29, 1.82) is 0 Å². The van der Waals surface area contributed by atoms with Crippen molar-refractivity contribution in [3.05, 3.63) is 35.2 Å². The van der Waals surface area contributed by atoms with E-state index in [1.54, 1.807) is 37.6 Å². The lowest BCUT2D eigenvalue weighted by molar-refractivity contribution is 0.471. The van der Waals surface area contributed by atoms with Gasteiger partial charge in [0.25, 0.3) is 10.0 Å². The van der Waals surface area contributed by atoms with Gasteiger partial charge in [0.15, 0.2) is 0 Å². The van der Waals surface area contributed by atoms with Crippen LogP contribution in [0.1, 0.15) is 36.8 Å². The summed E-state index contributed by atoms with van der Waals surface area (Å²) >= 11 is 0. The van der Waals surface area contributed by atoms with Gasteiger partial charge in [0, 0.05) is 12.1 Å². The van der Waals surface area contributed by atoms with Crippen molar-refractivity contribution < 1.29 is 13.5 Å². The zero-order valence-corrected chi connectivity index (χ0v) is 14.2. The number of phenols is 1. The van der Waals surface area contributed by atoms with Gasteiger partial charge in [-0.3, -0.25) is 9.40 Å². The molecule has 1 heterocycles. The van der Waals surface area contributed by atoms with Gasteiger partial charge >= 0.3 is 0 Å². The maximum atomic E-state index is 12.6. The second kappa shape index (κ2) is 5.64. The topological polar surface area (TPSA) is 84.2 Å². The number of sulfonamides is 1. The smallest absolute Gasteiger partial charge is 0.265 e. The number of aryl methyl sites for hydroxylation is 2. The Hall–Kier alpha value is -2.02. The predicted molar refractivity (Wildman–Crippen MR) is 85.7 cm³/mol. The molecule has 0 radical (unpaired) electrons. The molecule has 2 aromatic rings. The number of rotatable bonds is 4. The lowest BCUT2D eigenvalue weighted by Crippen LogP contribution is -2.15. The summed E-state index contributed by atoms with van der Waals surface area (Å²) in [5.41, 5.74) is 2.05. The second-order valence-corrected chi connectivity index (χ2v) is 7.26. The zero-order chi connectivity index (χ0) is 16.7. The molecule has 0 aliphatic carbocycles. The first-order valence-electron chi connectivity index (χ1n) is 7.01. The predicted octanol–water partition coefficient (Wildman–Crippen LogP) is 2.90. The number of nitrogens with one attached hydrogen (secondary N) is 1. The van der Waals surface area contributed by atoms with Crippen LogP contribution in [0.2, 0.25) is 0 Å². The molecule has 0 saturated heterocycles. The average Bonchev–Trinajstić information content (AvgIpc) is 2.69. The van der Waals surface area contributed by atoms with E-state index in [-0.39, 0.29) is 16.7 Å². The maximum absolute atomic E-state index is 12.6. The first-order chi connectivity index (χ1) is 10.1. The van der Waals surface area contributed by atoms with Gasteiger partial charge in [-0.2, -0.15) is 5.10 Å². The van der Waals surface area contributed by atoms with Crippen LogP contribution in [0.15, 0.2) is 23.1 Å². The van der Waals surface area contributed by atoms with Gasteiger partial charge in [0.2, 0.25) is 0 Å². The number of nitrogens with zero attached hydrogens (tertiary/aromatic N) is 2. The molecule has 0 bridgehead atoms. The molecule has 22 heavy (non-hydrogen) atoms. The van der Waals surface area contributed by atoms with Gasteiger partial charge in [-0.15, -0.1) is 0 Å². The van der Waals surface area contributed by atoms with Crippen molar-refractivity contribution in [2.45, 2.75) is 45.6 Å². The van der Waals surface area contributed by atoms with E-state index in [0.29, 0.717) is 22.6 Å². The maximum Gasteiger partial charge on any atom is 0.265 e. The number of anilines is 1.